The van der Waals surface area contributed by atoms with Crippen LogP contribution in [0.25, 0.3) is 0 Å². The summed E-state index contributed by atoms with van der Waals surface area (Å²) in [6, 6.07) is 12.3. The Kier molecular flexibility index (Phi) is 10.0. The third-order valence-electron chi connectivity index (χ3n) is 5.94. The quantitative estimate of drug-likeness (QED) is 0.128. The van der Waals surface area contributed by atoms with Crippen LogP contribution in [0.4, 0.5) is 0 Å². The summed E-state index contributed by atoms with van der Waals surface area (Å²) in [4.78, 5) is 56.1. The Morgan fingerprint density at radius 2 is 1.37 bits per heavy atom. The van der Waals surface area contributed by atoms with Crippen molar-refractivity contribution in [2.75, 3.05) is 13.1 Å². The molecule has 1 fully saturated rings. The van der Waals surface area contributed by atoms with Crippen LogP contribution in [0, 0.1) is 0 Å². The lowest BCUT2D eigenvalue weighted by Gasteiger charge is -2.27. The Morgan fingerprint density at radius 3 is 2.03 bits per heavy atom. The standard InChI is InChI=1S/C26H33N7O5/c27-26(28)29-12-4-7-19-24(37)33-20(13-16-5-2-1-3-6-16)23(36)30-15-22(35)31-21(25(38)32-19)14-17-8-10-18(34)11-9-17/h1-3,5-6,8-11,19-21,34H,4,7,12-15H2,(H,30,36)(H,31,35)(H,32,38)(H,33,37)(H4,27,28,29)/t19-,20-,21-/m0/s1. The summed E-state index contributed by atoms with van der Waals surface area (Å²) in [5, 5.41) is 20.2. The maximum atomic E-state index is 13.3. The Bertz CT molecular complexity index is 1150. The number of phenols is 1. The van der Waals surface area contributed by atoms with Crippen LogP contribution in [0.1, 0.15) is 24.0 Å². The Labute approximate surface area is 220 Å². The molecule has 0 aliphatic carbocycles. The first-order valence-corrected chi connectivity index (χ1v) is 12.3. The van der Waals surface area contributed by atoms with E-state index in [-0.39, 0.29) is 44.1 Å². The number of benzene rings is 2. The molecule has 0 spiro atoms. The normalized spacial score (nSPS) is 20.6. The molecule has 0 radical (unpaired) electrons. The van der Waals surface area contributed by atoms with E-state index < -0.39 is 41.8 Å². The average Bonchev–Trinajstić information content (AvgIpc) is 2.89. The van der Waals surface area contributed by atoms with Crippen LogP contribution in [-0.4, -0.2) is 65.9 Å². The number of amides is 4. The highest BCUT2D eigenvalue weighted by molar-refractivity contribution is 5.96. The van der Waals surface area contributed by atoms with E-state index in [1.54, 1.807) is 12.1 Å². The van der Waals surface area contributed by atoms with Crippen LogP contribution in [-0.2, 0) is 32.0 Å². The van der Waals surface area contributed by atoms with Gasteiger partial charge in [-0.3, -0.25) is 24.2 Å². The third kappa shape index (κ3) is 8.80. The predicted molar refractivity (Wildman–Crippen MR) is 141 cm³/mol. The minimum atomic E-state index is -1.03. The number of carbonyl (C=O) groups excluding carboxylic acids is 4. The van der Waals surface area contributed by atoms with Gasteiger partial charge >= 0.3 is 0 Å². The third-order valence-corrected chi connectivity index (χ3v) is 5.94. The fourth-order valence-corrected chi connectivity index (χ4v) is 3.99. The van der Waals surface area contributed by atoms with Crippen LogP contribution in [0.5, 0.6) is 5.75 Å². The highest BCUT2D eigenvalue weighted by Gasteiger charge is 2.31. The van der Waals surface area contributed by atoms with Crippen LogP contribution in [0.2, 0.25) is 0 Å². The second-order valence-corrected chi connectivity index (χ2v) is 8.97. The number of hydrogen-bond acceptors (Lipinski definition) is 6. The Balaban J connectivity index is 1.84. The van der Waals surface area contributed by atoms with E-state index >= 15 is 0 Å². The summed E-state index contributed by atoms with van der Waals surface area (Å²) in [7, 11) is 0. The zero-order chi connectivity index (χ0) is 27.5. The highest BCUT2D eigenvalue weighted by atomic mass is 16.3. The van der Waals surface area contributed by atoms with E-state index in [1.165, 1.54) is 12.1 Å². The van der Waals surface area contributed by atoms with Crippen LogP contribution >= 0.6 is 0 Å². The van der Waals surface area contributed by atoms with Gasteiger partial charge in [-0.25, -0.2) is 0 Å². The predicted octanol–water partition coefficient (Wildman–Crippen LogP) is -1.18. The summed E-state index contributed by atoms with van der Waals surface area (Å²) in [6.07, 6.45) is 0.859. The smallest absolute Gasteiger partial charge is 0.243 e. The van der Waals surface area contributed by atoms with Gasteiger partial charge in [0.2, 0.25) is 23.6 Å². The lowest BCUT2D eigenvalue weighted by molar-refractivity contribution is -0.135. The van der Waals surface area contributed by atoms with Gasteiger partial charge in [-0.1, -0.05) is 42.5 Å². The summed E-state index contributed by atoms with van der Waals surface area (Å²) in [6.45, 7) is -0.134. The second-order valence-electron chi connectivity index (χ2n) is 8.97. The molecule has 9 N–H and O–H groups in total. The summed E-state index contributed by atoms with van der Waals surface area (Å²) >= 11 is 0. The molecule has 2 aromatic rings. The van der Waals surface area contributed by atoms with Crippen molar-refractivity contribution in [3.05, 3.63) is 65.7 Å². The molecule has 4 amide bonds. The molecule has 38 heavy (non-hydrogen) atoms. The monoisotopic (exact) mass is 523 g/mol. The van der Waals surface area contributed by atoms with Crippen molar-refractivity contribution in [3.8, 4) is 5.75 Å². The molecule has 0 unspecified atom stereocenters. The number of hydrogen-bond donors (Lipinski definition) is 7. The Hall–Kier alpha value is -4.61. The Morgan fingerprint density at radius 1 is 0.789 bits per heavy atom. The molecule has 1 saturated heterocycles. The van der Waals surface area contributed by atoms with Gasteiger partial charge in [0.1, 0.15) is 23.9 Å². The van der Waals surface area contributed by atoms with E-state index in [2.05, 4.69) is 26.3 Å². The van der Waals surface area contributed by atoms with Crippen molar-refractivity contribution >= 4 is 29.6 Å². The van der Waals surface area contributed by atoms with Crippen LogP contribution in [0.3, 0.4) is 0 Å². The van der Waals surface area contributed by atoms with E-state index in [1.807, 2.05) is 30.3 Å². The molecule has 3 rings (SSSR count). The second kappa shape index (κ2) is 13.6. The first kappa shape index (κ1) is 28.0. The molecule has 12 heteroatoms. The van der Waals surface area contributed by atoms with Crippen molar-refractivity contribution in [1.29, 1.82) is 0 Å². The molecule has 12 nitrogen and oxygen atoms in total. The zero-order valence-corrected chi connectivity index (χ0v) is 20.9. The van der Waals surface area contributed by atoms with Crippen molar-refractivity contribution < 1.29 is 24.3 Å². The van der Waals surface area contributed by atoms with Crippen molar-refractivity contribution in [2.45, 2.75) is 43.8 Å². The van der Waals surface area contributed by atoms with E-state index in [4.69, 9.17) is 11.5 Å². The molecule has 1 aliphatic heterocycles. The molecule has 0 aromatic heterocycles. The maximum absolute atomic E-state index is 13.3. The van der Waals surface area contributed by atoms with Gasteiger partial charge in [-0.2, -0.15) is 0 Å². The molecular formula is C26H33N7O5. The van der Waals surface area contributed by atoms with Gasteiger partial charge in [0.15, 0.2) is 5.96 Å². The lowest BCUT2D eigenvalue weighted by Crippen LogP contribution is -2.60. The molecule has 0 saturated carbocycles. The zero-order valence-electron chi connectivity index (χ0n) is 20.9. The van der Waals surface area contributed by atoms with Gasteiger partial charge < -0.3 is 37.8 Å². The summed E-state index contributed by atoms with van der Waals surface area (Å²) in [5.74, 6) is -2.24. The number of guanidine groups is 1. The van der Waals surface area contributed by atoms with E-state index in [0.717, 1.165) is 5.56 Å². The van der Waals surface area contributed by atoms with Crippen LogP contribution in [0.15, 0.2) is 59.6 Å². The summed E-state index contributed by atoms with van der Waals surface area (Å²) in [5.41, 5.74) is 12.2. The van der Waals surface area contributed by atoms with Gasteiger partial charge in [0.05, 0.1) is 6.54 Å². The molecule has 1 aliphatic rings. The number of nitrogens with zero attached hydrogens (tertiary/aromatic N) is 1. The topological polar surface area (TPSA) is 201 Å². The number of rotatable bonds is 8. The van der Waals surface area contributed by atoms with Gasteiger partial charge in [-0.05, 0) is 36.1 Å². The van der Waals surface area contributed by atoms with Crippen LogP contribution < -0.4 is 32.7 Å². The highest BCUT2D eigenvalue weighted by Crippen LogP contribution is 2.12. The number of nitrogens with two attached hydrogens (primary N) is 2. The van der Waals surface area contributed by atoms with E-state index in [9.17, 15) is 24.3 Å². The molecular weight excluding hydrogens is 490 g/mol. The number of aromatic hydroxyl groups is 1. The number of carbonyl (C=O) groups is 4. The minimum absolute atomic E-state index is 0.0613. The number of aliphatic imine (C=N–C) groups is 1. The molecule has 0 bridgehead atoms. The molecule has 3 atom stereocenters. The maximum Gasteiger partial charge on any atom is 0.243 e. The molecule has 1 heterocycles. The van der Waals surface area contributed by atoms with E-state index in [0.29, 0.717) is 12.0 Å². The molecule has 202 valence electrons. The first-order chi connectivity index (χ1) is 18.2. The fraction of sp³-hybridized carbons (Fsp3) is 0.346. The summed E-state index contributed by atoms with van der Waals surface area (Å²) < 4.78 is 0. The fourth-order valence-electron chi connectivity index (χ4n) is 3.99. The minimum Gasteiger partial charge on any atom is -0.508 e. The lowest BCUT2D eigenvalue weighted by atomic mass is 10.0. The van der Waals surface area contributed by atoms with Gasteiger partial charge in [-0.15, -0.1) is 0 Å². The van der Waals surface area contributed by atoms with Crippen molar-refractivity contribution in [1.82, 2.24) is 21.3 Å². The largest absolute Gasteiger partial charge is 0.508 e. The first-order valence-electron chi connectivity index (χ1n) is 12.3. The van der Waals surface area contributed by atoms with Crippen molar-refractivity contribution in [2.24, 2.45) is 16.5 Å². The number of phenolic OH excluding ortho intramolecular Hbond substituents is 1. The SMILES string of the molecule is NC(N)=NCCC[C@@H]1NC(=O)[C@H](Cc2ccc(O)cc2)NC(=O)CNC(=O)[C@H](Cc2ccccc2)NC1=O. The average molecular weight is 524 g/mol. The van der Waals surface area contributed by atoms with Gasteiger partial charge in [0, 0.05) is 19.4 Å². The van der Waals surface area contributed by atoms with Crippen molar-refractivity contribution in [3.63, 3.8) is 0 Å². The van der Waals surface area contributed by atoms with Gasteiger partial charge in [0.25, 0.3) is 0 Å². The molecule has 2 aromatic carbocycles. The number of nitrogens with one attached hydrogen (secondary N) is 4.